The molecule has 32 heavy (non-hydrogen) atoms. The fraction of sp³-hybridized carbons (Fsp3) is 0.385. The van der Waals surface area contributed by atoms with Crippen molar-refractivity contribution in [2.75, 3.05) is 32.9 Å². The molecule has 1 fully saturated rings. The molecule has 1 N–H and O–H groups in total. The molecule has 6 heteroatoms. The second kappa shape index (κ2) is 9.57. The molecule has 0 bridgehead atoms. The molecule has 168 valence electrons. The number of carbonyl (C=O) groups excluding carboxylic acids is 1. The second-order valence-electron chi connectivity index (χ2n) is 8.42. The molecule has 1 aromatic heterocycles. The van der Waals surface area contributed by atoms with Gasteiger partial charge in [-0.15, -0.1) is 5.10 Å². The van der Waals surface area contributed by atoms with Gasteiger partial charge in [0.1, 0.15) is 6.61 Å². The summed E-state index contributed by atoms with van der Waals surface area (Å²) < 4.78 is 11.1. The minimum Gasteiger partial charge on any atom is -0.474 e. The number of carbonyl (C=O) groups is 1. The van der Waals surface area contributed by atoms with Crippen molar-refractivity contribution >= 4 is 5.91 Å². The zero-order chi connectivity index (χ0) is 22.7. The number of benzene rings is 2. The summed E-state index contributed by atoms with van der Waals surface area (Å²) in [6, 6.07) is 14.5. The van der Waals surface area contributed by atoms with Crippen molar-refractivity contribution in [3.05, 3.63) is 70.3 Å². The molecular weight excluding hydrogens is 402 g/mol. The number of amides is 1. The van der Waals surface area contributed by atoms with Crippen molar-refractivity contribution in [2.24, 2.45) is 0 Å². The van der Waals surface area contributed by atoms with Gasteiger partial charge in [-0.25, -0.2) is 0 Å². The third-order valence-electron chi connectivity index (χ3n) is 6.11. The lowest BCUT2D eigenvalue weighted by Crippen LogP contribution is -2.48. The van der Waals surface area contributed by atoms with Crippen LogP contribution in [0, 0.1) is 20.8 Å². The summed E-state index contributed by atoms with van der Waals surface area (Å²) in [6.45, 7) is 11.2. The summed E-state index contributed by atoms with van der Waals surface area (Å²) in [4.78, 5) is 15.0. The summed E-state index contributed by atoms with van der Waals surface area (Å²) >= 11 is 0. The molecule has 2 aromatic carbocycles. The zero-order valence-corrected chi connectivity index (χ0v) is 19.3. The normalized spacial score (nSPS) is 13.8. The average Bonchev–Trinajstić information content (AvgIpc) is 3.12. The second-order valence-corrected chi connectivity index (χ2v) is 8.42. The maximum atomic E-state index is 13.1. The maximum absolute atomic E-state index is 13.1. The van der Waals surface area contributed by atoms with E-state index in [-0.39, 0.29) is 5.91 Å². The largest absolute Gasteiger partial charge is 0.474 e. The van der Waals surface area contributed by atoms with Crippen molar-refractivity contribution in [1.82, 2.24) is 15.1 Å². The van der Waals surface area contributed by atoms with Gasteiger partial charge in [-0.1, -0.05) is 35.9 Å². The Morgan fingerprint density at radius 3 is 2.56 bits per heavy atom. The monoisotopic (exact) mass is 433 g/mol. The Kier molecular flexibility index (Phi) is 6.61. The highest BCUT2D eigenvalue weighted by atomic mass is 16.5. The van der Waals surface area contributed by atoms with Gasteiger partial charge in [0.2, 0.25) is 5.88 Å². The lowest BCUT2D eigenvalue weighted by molar-refractivity contribution is 0.0602. The van der Waals surface area contributed by atoms with E-state index in [2.05, 4.69) is 41.4 Å². The van der Waals surface area contributed by atoms with Gasteiger partial charge in [0, 0.05) is 42.3 Å². The van der Waals surface area contributed by atoms with E-state index in [1.165, 1.54) is 11.1 Å². The predicted octanol–water partition coefficient (Wildman–Crippen LogP) is 4.66. The molecule has 0 aliphatic carbocycles. The van der Waals surface area contributed by atoms with Crippen LogP contribution in [0.5, 0.6) is 5.88 Å². The van der Waals surface area contributed by atoms with Crippen LogP contribution < -0.4 is 4.74 Å². The molecule has 1 aliphatic rings. The van der Waals surface area contributed by atoms with Gasteiger partial charge in [-0.2, -0.15) is 0 Å². The Balaban J connectivity index is 1.46. The summed E-state index contributed by atoms with van der Waals surface area (Å²) in [5, 5.41) is 7.41. The number of H-pyrrole nitrogens is 1. The van der Waals surface area contributed by atoms with Gasteiger partial charge in [0.15, 0.2) is 0 Å². The SMILES string of the molecule is CCOCCOc1n[nH]c(-c2cc(C(=O)N3CC(c4ccc(C)cc4)C3)ccc2C)c1C. The highest BCUT2D eigenvalue weighted by Crippen LogP contribution is 2.32. The molecule has 0 spiro atoms. The third-order valence-corrected chi connectivity index (χ3v) is 6.11. The van der Waals surface area contributed by atoms with E-state index in [1.807, 2.05) is 43.9 Å². The van der Waals surface area contributed by atoms with E-state index in [0.717, 1.165) is 35.5 Å². The van der Waals surface area contributed by atoms with Crippen LogP contribution in [0.2, 0.25) is 0 Å². The number of ether oxygens (including phenoxy) is 2. The average molecular weight is 434 g/mol. The first kappa shape index (κ1) is 22.1. The molecule has 6 nitrogen and oxygen atoms in total. The highest BCUT2D eigenvalue weighted by molar-refractivity contribution is 5.96. The first-order chi connectivity index (χ1) is 15.5. The Hall–Kier alpha value is -3.12. The number of nitrogens with one attached hydrogen (secondary N) is 1. The van der Waals surface area contributed by atoms with Crippen LogP contribution in [0.3, 0.4) is 0 Å². The number of aryl methyl sites for hydroxylation is 2. The smallest absolute Gasteiger partial charge is 0.253 e. The fourth-order valence-electron chi connectivity index (χ4n) is 4.03. The first-order valence-corrected chi connectivity index (χ1v) is 11.2. The number of aromatic amines is 1. The van der Waals surface area contributed by atoms with Crippen molar-refractivity contribution in [2.45, 2.75) is 33.6 Å². The van der Waals surface area contributed by atoms with Crippen molar-refractivity contribution in [3.8, 4) is 17.1 Å². The molecule has 3 aromatic rings. The molecule has 2 heterocycles. The van der Waals surface area contributed by atoms with Crippen LogP contribution in [0.1, 0.15) is 45.5 Å². The van der Waals surface area contributed by atoms with Crippen molar-refractivity contribution in [3.63, 3.8) is 0 Å². The number of aromatic nitrogens is 2. The van der Waals surface area contributed by atoms with Crippen LogP contribution in [0.15, 0.2) is 42.5 Å². The Morgan fingerprint density at radius 2 is 1.84 bits per heavy atom. The molecule has 0 atom stereocenters. The van der Waals surface area contributed by atoms with Crippen molar-refractivity contribution in [1.29, 1.82) is 0 Å². The summed E-state index contributed by atoms with van der Waals surface area (Å²) in [6.07, 6.45) is 0. The molecule has 0 unspecified atom stereocenters. The summed E-state index contributed by atoms with van der Waals surface area (Å²) in [5.74, 6) is 1.05. The van der Waals surface area contributed by atoms with E-state index in [9.17, 15) is 4.79 Å². The van der Waals surface area contributed by atoms with Gasteiger partial charge in [0.25, 0.3) is 5.91 Å². The van der Waals surface area contributed by atoms with E-state index >= 15 is 0 Å². The minimum atomic E-state index is 0.0694. The van der Waals surface area contributed by atoms with Crippen LogP contribution in [-0.2, 0) is 4.74 Å². The summed E-state index contributed by atoms with van der Waals surface area (Å²) in [7, 11) is 0. The van der Waals surface area contributed by atoms with E-state index in [0.29, 0.717) is 37.2 Å². The molecule has 4 rings (SSSR count). The number of hydrogen-bond donors (Lipinski definition) is 1. The van der Waals surface area contributed by atoms with Gasteiger partial charge in [0.05, 0.1) is 12.3 Å². The first-order valence-electron chi connectivity index (χ1n) is 11.2. The molecule has 0 radical (unpaired) electrons. The molecule has 1 saturated heterocycles. The van der Waals surface area contributed by atoms with E-state index in [4.69, 9.17) is 9.47 Å². The van der Waals surface area contributed by atoms with Crippen LogP contribution in [0.25, 0.3) is 11.3 Å². The number of nitrogens with zero attached hydrogens (tertiary/aromatic N) is 2. The Labute approximate surface area is 189 Å². The van der Waals surface area contributed by atoms with Gasteiger partial charge in [-0.05, 0) is 51.0 Å². The lowest BCUT2D eigenvalue weighted by Gasteiger charge is -2.39. The molecule has 1 amide bonds. The van der Waals surface area contributed by atoms with Crippen LogP contribution >= 0.6 is 0 Å². The lowest BCUT2D eigenvalue weighted by atomic mass is 9.90. The van der Waals surface area contributed by atoms with Crippen LogP contribution in [0.4, 0.5) is 0 Å². The molecule has 1 aliphatic heterocycles. The molecular formula is C26H31N3O3. The third kappa shape index (κ3) is 4.55. The Morgan fingerprint density at radius 1 is 1.09 bits per heavy atom. The quantitative estimate of drug-likeness (QED) is 0.525. The number of rotatable bonds is 8. The fourth-order valence-corrected chi connectivity index (χ4v) is 4.03. The number of likely N-dealkylation sites (tertiary alicyclic amines) is 1. The van der Waals surface area contributed by atoms with Gasteiger partial charge >= 0.3 is 0 Å². The van der Waals surface area contributed by atoms with E-state index in [1.54, 1.807) is 0 Å². The zero-order valence-electron chi connectivity index (χ0n) is 19.3. The topological polar surface area (TPSA) is 67.5 Å². The van der Waals surface area contributed by atoms with Gasteiger partial charge in [-0.3, -0.25) is 9.89 Å². The summed E-state index contributed by atoms with van der Waals surface area (Å²) in [5.41, 5.74) is 7.11. The van der Waals surface area contributed by atoms with E-state index < -0.39 is 0 Å². The minimum absolute atomic E-state index is 0.0694. The molecule has 0 saturated carbocycles. The standard InChI is InChI=1S/C26H31N3O3/c1-5-31-12-13-32-25-19(4)24(27-28-25)23-14-21(11-8-18(23)3)26(30)29-15-22(16-29)20-9-6-17(2)7-10-20/h6-11,14,22H,5,12-13,15-16H2,1-4H3,(H,27,28). The number of hydrogen-bond acceptors (Lipinski definition) is 4. The predicted molar refractivity (Wildman–Crippen MR) is 125 cm³/mol. The van der Waals surface area contributed by atoms with Crippen molar-refractivity contribution < 1.29 is 14.3 Å². The van der Waals surface area contributed by atoms with Gasteiger partial charge < -0.3 is 14.4 Å². The highest BCUT2D eigenvalue weighted by Gasteiger charge is 2.32. The van der Waals surface area contributed by atoms with Crippen LogP contribution in [-0.4, -0.2) is 53.9 Å². The Bertz CT molecular complexity index is 1080. The maximum Gasteiger partial charge on any atom is 0.253 e.